The first-order valence-corrected chi connectivity index (χ1v) is 7.19. The number of hydrogen-bond donors (Lipinski definition) is 0. The summed E-state index contributed by atoms with van der Waals surface area (Å²) >= 11 is 0. The molecule has 0 aliphatic heterocycles. The molecular formula is C12H18FNO3S. The van der Waals surface area contributed by atoms with Crippen LogP contribution in [0.4, 0.5) is 4.39 Å². The predicted molar refractivity (Wildman–Crippen MR) is 68.2 cm³/mol. The van der Waals surface area contributed by atoms with E-state index >= 15 is 0 Å². The lowest BCUT2D eigenvalue weighted by molar-refractivity contribution is 0.215. The lowest BCUT2D eigenvalue weighted by Crippen LogP contribution is -2.33. The molecule has 1 aromatic carbocycles. The van der Waals surface area contributed by atoms with Crippen LogP contribution in [-0.2, 0) is 14.8 Å². The van der Waals surface area contributed by atoms with Crippen molar-refractivity contribution < 1.29 is 17.5 Å². The Morgan fingerprint density at radius 3 is 2.39 bits per heavy atom. The second-order valence-corrected chi connectivity index (χ2v) is 6.20. The maximum Gasteiger partial charge on any atom is 0.216 e. The third kappa shape index (κ3) is 3.76. The molecule has 1 atom stereocenters. The molecule has 4 nitrogen and oxygen atoms in total. The summed E-state index contributed by atoms with van der Waals surface area (Å²) in [5, 5.41) is 0. The topological polar surface area (TPSA) is 46.6 Å². The molecule has 0 fully saturated rings. The maximum atomic E-state index is 12.8. The van der Waals surface area contributed by atoms with E-state index in [1.54, 1.807) is 19.1 Å². The molecule has 0 radical (unpaired) electrons. The van der Waals surface area contributed by atoms with E-state index in [4.69, 9.17) is 4.74 Å². The van der Waals surface area contributed by atoms with E-state index in [0.29, 0.717) is 0 Å². The molecule has 1 aromatic rings. The first-order valence-electron chi connectivity index (χ1n) is 5.58. The summed E-state index contributed by atoms with van der Waals surface area (Å²) < 4.78 is 42.7. The van der Waals surface area contributed by atoms with Gasteiger partial charge in [0.2, 0.25) is 10.0 Å². The van der Waals surface area contributed by atoms with Gasteiger partial charge in [-0.05, 0) is 24.6 Å². The molecular weight excluding hydrogens is 257 g/mol. The van der Waals surface area contributed by atoms with Gasteiger partial charge in [0.1, 0.15) is 5.82 Å². The van der Waals surface area contributed by atoms with Crippen molar-refractivity contribution in [1.29, 1.82) is 0 Å². The summed E-state index contributed by atoms with van der Waals surface area (Å²) in [5.41, 5.74) is 0.750. The number of rotatable bonds is 6. The summed E-state index contributed by atoms with van der Waals surface area (Å²) in [6.07, 6.45) is 0. The minimum absolute atomic E-state index is 0.0640. The van der Waals surface area contributed by atoms with Crippen LogP contribution in [0.3, 0.4) is 0 Å². The molecule has 0 saturated heterocycles. The Bertz CT molecular complexity index is 473. The van der Waals surface area contributed by atoms with E-state index in [0.717, 1.165) is 5.56 Å². The normalized spacial score (nSPS) is 13.8. The Balaban J connectivity index is 2.83. The van der Waals surface area contributed by atoms with Crippen LogP contribution in [0.15, 0.2) is 24.3 Å². The van der Waals surface area contributed by atoms with Crippen LogP contribution in [0.25, 0.3) is 0 Å². The Morgan fingerprint density at radius 2 is 1.89 bits per heavy atom. The van der Waals surface area contributed by atoms with Gasteiger partial charge in [0.05, 0.1) is 12.4 Å². The van der Waals surface area contributed by atoms with Crippen molar-refractivity contribution in [2.24, 2.45) is 0 Å². The molecule has 0 aliphatic rings. The first-order chi connectivity index (χ1) is 8.38. The zero-order valence-corrected chi connectivity index (χ0v) is 11.6. The zero-order chi connectivity index (χ0) is 13.8. The van der Waals surface area contributed by atoms with Gasteiger partial charge in [-0.3, -0.25) is 0 Å². The van der Waals surface area contributed by atoms with Crippen LogP contribution >= 0.6 is 0 Å². The van der Waals surface area contributed by atoms with Gasteiger partial charge >= 0.3 is 0 Å². The van der Waals surface area contributed by atoms with Gasteiger partial charge in [-0.2, -0.15) is 4.31 Å². The highest BCUT2D eigenvalue weighted by Gasteiger charge is 2.23. The zero-order valence-electron chi connectivity index (χ0n) is 10.8. The fourth-order valence-corrected chi connectivity index (χ4v) is 2.79. The predicted octanol–water partition coefficient (Wildman–Crippen LogP) is 1.79. The van der Waals surface area contributed by atoms with Crippen LogP contribution < -0.4 is 0 Å². The van der Waals surface area contributed by atoms with Crippen molar-refractivity contribution in [3.63, 3.8) is 0 Å². The molecule has 0 unspecified atom stereocenters. The minimum atomic E-state index is -3.37. The van der Waals surface area contributed by atoms with Gasteiger partial charge in [-0.15, -0.1) is 0 Å². The molecule has 0 N–H and O–H groups in total. The van der Waals surface area contributed by atoms with E-state index < -0.39 is 10.0 Å². The third-order valence-corrected chi connectivity index (χ3v) is 4.76. The molecule has 102 valence electrons. The maximum absolute atomic E-state index is 12.8. The van der Waals surface area contributed by atoms with E-state index in [-0.39, 0.29) is 24.2 Å². The molecule has 18 heavy (non-hydrogen) atoms. The monoisotopic (exact) mass is 275 g/mol. The van der Waals surface area contributed by atoms with Crippen molar-refractivity contribution in [3.05, 3.63) is 35.6 Å². The number of benzene rings is 1. The number of hydrogen-bond acceptors (Lipinski definition) is 3. The van der Waals surface area contributed by atoms with Crippen LogP contribution in [0.5, 0.6) is 0 Å². The SMILES string of the molecule is COCCS(=O)(=O)N(C)[C@H](C)c1ccc(F)cc1. The molecule has 0 aromatic heterocycles. The van der Waals surface area contributed by atoms with Gasteiger partial charge in [0, 0.05) is 20.2 Å². The molecule has 0 amide bonds. The highest BCUT2D eigenvalue weighted by molar-refractivity contribution is 7.89. The second kappa shape index (κ2) is 6.26. The molecule has 6 heteroatoms. The number of halogens is 1. The van der Waals surface area contributed by atoms with E-state index in [1.807, 2.05) is 0 Å². The molecule has 0 bridgehead atoms. The lowest BCUT2D eigenvalue weighted by atomic mass is 10.1. The molecule has 1 rings (SSSR count). The Morgan fingerprint density at radius 1 is 1.33 bits per heavy atom. The molecule has 0 aliphatic carbocycles. The largest absolute Gasteiger partial charge is 0.384 e. The summed E-state index contributed by atoms with van der Waals surface area (Å²) in [7, 11) is -0.395. The van der Waals surface area contributed by atoms with Crippen molar-refractivity contribution in [3.8, 4) is 0 Å². The van der Waals surface area contributed by atoms with Crippen LogP contribution in [0, 0.1) is 5.82 Å². The lowest BCUT2D eigenvalue weighted by Gasteiger charge is -2.24. The minimum Gasteiger partial charge on any atom is -0.384 e. The van der Waals surface area contributed by atoms with Crippen molar-refractivity contribution in [2.45, 2.75) is 13.0 Å². The average Bonchev–Trinajstić information content (AvgIpc) is 2.35. The van der Waals surface area contributed by atoms with Gasteiger partial charge in [-0.1, -0.05) is 12.1 Å². The Hall–Kier alpha value is -0.980. The number of methoxy groups -OCH3 is 1. The Kier molecular flexibility index (Phi) is 5.25. The van der Waals surface area contributed by atoms with Crippen molar-refractivity contribution in [2.75, 3.05) is 26.5 Å². The number of nitrogens with zero attached hydrogens (tertiary/aromatic N) is 1. The standard InChI is InChI=1S/C12H18FNO3S/c1-10(11-4-6-12(13)7-5-11)14(2)18(15,16)9-8-17-3/h4-7,10H,8-9H2,1-3H3/t10-/m1/s1. The highest BCUT2D eigenvalue weighted by atomic mass is 32.2. The average molecular weight is 275 g/mol. The van der Waals surface area contributed by atoms with Crippen LogP contribution in [0.1, 0.15) is 18.5 Å². The van der Waals surface area contributed by atoms with Crippen molar-refractivity contribution >= 4 is 10.0 Å². The molecule has 0 spiro atoms. The Labute approximate surface area is 107 Å². The van der Waals surface area contributed by atoms with Gasteiger partial charge < -0.3 is 4.74 Å². The van der Waals surface area contributed by atoms with Gasteiger partial charge in [-0.25, -0.2) is 12.8 Å². The van der Waals surface area contributed by atoms with Crippen molar-refractivity contribution in [1.82, 2.24) is 4.31 Å². The summed E-state index contributed by atoms with van der Waals surface area (Å²) in [6, 6.07) is 5.47. The van der Waals surface area contributed by atoms with Crippen LogP contribution in [-0.4, -0.2) is 39.2 Å². The van der Waals surface area contributed by atoms with E-state index in [1.165, 1.54) is 30.6 Å². The summed E-state index contributed by atoms with van der Waals surface area (Å²) in [5.74, 6) is -0.401. The van der Waals surface area contributed by atoms with E-state index in [9.17, 15) is 12.8 Å². The van der Waals surface area contributed by atoms with E-state index in [2.05, 4.69) is 0 Å². The second-order valence-electron chi connectivity index (χ2n) is 4.05. The quantitative estimate of drug-likeness (QED) is 0.795. The fraction of sp³-hybridized carbons (Fsp3) is 0.500. The summed E-state index contributed by atoms with van der Waals surface area (Å²) in [4.78, 5) is 0. The summed E-state index contributed by atoms with van der Waals surface area (Å²) in [6.45, 7) is 1.92. The number of ether oxygens (including phenoxy) is 1. The first kappa shape index (κ1) is 15.1. The molecule has 0 heterocycles. The van der Waals surface area contributed by atoms with Gasteiger partial charge in [0.15, 0.2) is 0 Å². The third-order valence-electron chi connectivity index (χ3n) is 2.88. The smallest absolute Gasteiger partial charge is 0.216 e. The highest BCUT2D eigenvalue weighted by Crippen LogP contribution is 2.21. The number of sulfonamides is 1. The fourth-order valence-electron chi connectivity index (χ4n) is 1.52. The molecule has 0 saturated carbocycles. The van der Waals surface area contributed by atoms with Gasteiger partial charge in [0.25, 0.3) is 0 Å². The van der Waals surface area contributed by atoms with Crippen LogP contribution in [0.2, 0.25) is 0 Å².